The van der Waals surface area contributed by atoms with Crippen molar-refractivity contribution in [3.05, 3.63) is 35.5 Å². The van der Waals surface area contributed by atoms with Crippen LogP contribution < -0.4 is 4.90 Å². The number of anilines is 1. The lowest BCUT2D eigenvalue weighted by atomic mass is 9.76. The van der Waals surface area contributed by atoms with E-state index in [0.29, 0.717) is 5.41 Å². The number of carbonyl (C=O) groups excluding carboxylic acids is 1. The summed E-state index contributed by atoms with van der Waals surface area (Å²) in [7, 11) is 1.86. The highest BCUT2D eigenvalue weighted by Gasteiger charge is 2.32. The minimum atomic E-state index is -0.200. The lowest BCUT2D eigenvalue weighted by Crippen LogP contribution is -2.54. The maximum atomic E-state index is 13.3. The number of H-pyrrole nitrogens is 2. The van der Waals surface area contributed by atoms with E-state index < -0.39 is 0 Å². The Labute approximate surface area is 201 Å². The van der Waals surface area contributed by atoms with Crippen LogP contribution in [0, 0.1) is 5.41 Å². The second kappa shape index (κ2) is 8.54. The van der Waals surface area contributed by atoms with E-state index in [-0.39, 0.29) is 24.2 Å². The Balaban J connectivity index is 1.37. The molecule has 2 aliphatic rings. The number of ether oxygens (including phenoxy) is 1. The van der Waals surface area contributed by atoms with E-state index in [1.165, 1.54) is 17.7 Å². The molecule has 0 saturated carbocycles. The Bertz CT molecular complexity index is 1200. The third-order valence-electron chi connectivity index (χ3n) is 7.59. The Morgan fingerprint density at radius 2 is 1.97 bits per heavy atom. The molecule has 1 saturated heterocycles. The van der Waals surface area contributed by atoms with Crippen LogP contribution in [0.4, 0.5) is 5.69 Å². The van der Waals surface area contributed by atoms with Gasteiger partial charge in [-0.15, -0.1) is 0 Å². The average molecular weight is 464 g/mol. The van der Waals surface area contributed by atoms with E-state index in [1.54, 1.807) is 4.90 Å². The number of aromatic nitrogens is 3. The number of hydrogen-bond donors (Lipinski definition) is 2. The maximum Gasteiger partial charge on any atom is 0.243 e. The third kappa shape index (κ3) is 4.27. The number of hydrogen-bond acceptors (Lipinski definition) is 4. The van der Waals surface area contributed by atoms with Gasteiger partial charge in [0.2, 0.25) is 5.91 Å². The van der Waals surface area contributed by atoms with E-state index in [1.807, 2.05) is 20.0 Å². The van der Waals surface area contributed by atoms with E-state index in [4.69, 9.17) is 4.74 Å². The fraction of sp³-hybridized carbons (Fsp3) is 0.556. The van der Waals surface area contributed by atoms with Gasteiger partial charge in [-0.05, 0) is 63.6 Å². The van der Waals surface area contributed by atoms with Crippen LogP contribution in [0.15, 0.2) is 24.3 Å². The number of aromatic amines is 2. The molecule has 0 radical (unpaired) electrons. The number of benzene rings is 1. The molecule has 1 fully saturated rings. The molecule has 1 aromatic carbocycles. The van der Waals surface area contributed by atoms with E-state index in [9.17, 15) is 4.79 Å². The topological polar surface area (TPSA) is 77.3 Å². The monoisotopic (exact) mass is 463 g/mol. The van der Waals surface area contributed by atoms with Crippen molar-refractivity contribution >= 4 is 22.5 Å². The molecule has 1 amide bonds. The summed E-state index contributed by atoms with van der Waals surface area (Å²) < 4.78 is 5.84. The molecule has 7 nitrogen and oxygen atoms in total. The van der Waals surface area contributed by atoms with Gasteiger partial charge < -0.3 is 14.6 Å². The standard InChI is InChI=1S/C27H37N5O2/c1-16-14-32(15-17(2)34-16)18(3)26(33)31(6)20-8-7-19-11-23(28-22(19)12-20)25-21-9-10-27(4,5)13-24(21)29-30-25/h7-8,11-12,16-18,28H,9-10,13-15H2,1-6H3,(H,29,30). The number of nitrogens with zero attached hydrogens (tertiary/aromatic N) is 3. The van der Waals surface area contributed by atoms with Crippen molar-refractivity contribution < 1.29 is 9.53 Å². The number of nitrogens with one attached hydrogen (secondary N) is 2. The Hall–Kier alpha value is -2.64. The minimum Gasteiger partial charge on any atom is -0.373 e. The van der Waals surface area contributed by atoms with Gasteiger partial charge in [-0.3, -0.25) is 14.8 Å². The molecule has 3 unspecified atom stereocenters. The van der Waals surface area contributed by atoms with Crippen LogP contribution >= 0.6 is 0 Å². The van der Waals surface area contributed by atoms with Crippen LogP contribution in [0.3, 0.4) is 0 Å². The molecule has 7 heteroatoms. The van der Waals surface area contributed by atoms with Crippen molar-refractivity contribution in [2.75, 3.05) is 25.0 Å². The third-order valence-corrected chi connectivity index (χ3v) is 7.59. The molecule has 0 spiro atoms. The predicted octanol–water partition coefficient (Wildman–Crippen LogP) is 4.53. The van der Waals surface area contributed by atoms with Gasteiger partial charge in [0.25, 0.3) is 0 Å². The summed E-state index contributed by atoms with van der Waals surface area (Å²) >= 11 is 0. The normalized spacial score (nSPS) is 23.6. The molecule has 0 bridgehead atoms. The molecular weight excluding hydrogens is 426 g/mol. The summed E-state index contributed by atoms with van der Waals surface area (Å²) in [5, 5.41) is 9.07. The van der Waals surface area contributed by atoms with Gasteiger partial charge in [-0.1, -0.05) is 19.9 Å². The zero-order valence-corrected chi connectivity index (χ0v) is 21.2. The number of amides is 1. The highest BCUT2D eigenvalue weighted by molar-refractivity contribution is 5.98. The van der Waals surface area contributed by atoms with Crippen molar-refractivity contribution in [3.8, 4) is 11.4 Å². The SMILES string of the molecule is CC1CN(C(C)C(=O)N(C)c2ccc3cc(-c4n[nH]c5c4CCC(C)(C)C5)[nH]c3c2)CC(C)O1. The molecule has 2 N–H and O–H groups in total. The molecule has 182 valence electrons. The zero-order valence-electron chi connectivity index (χ0n) is 21.2. The molecule has 1 aliphatic carbocycles. The minimum absolute atomic E-state index is 0.0939. The molecule has 3 aromatic rings. The van der Waals surface area contributed by atoms with Gasteiger partial charge in [0.15, 0.2) is 0 Å². The molecule has 5 rings (SSSR count). The summed E-state index contributed by atoms with van der Waals surface area (Å²) in [5.74, 6) is 0.0939. The highest BCUT2D eigenvalue weighted by atomic mass is 16.5. The smallest absolute Gasteiger partial charge is 0.243 e. The van der Waals surface area contributed by atoms with Gasteiger partial charge in [-0.25, -0.2) is 0 Å². The largest absolute Gasteiger partial charge is 0.373 e. The van der Waals surface area contributed by atoms with E-state index >= 15 is 0 Å². The predicted molar refractivity (Wildman–Crippen MR) is 136 cm³/mol. The molecule has 1 aliphatic heterocycles. The van der Waals surface area contributed by atoms with Crippen LogP contribution in [-0.4, -0.2) is 64.4 Å². The molecule has 3 atom stereocenters. The fourth-order valence-electron chi connectivity index (χ4n) is 5.62. The molecule has 2 aromatic heterocycles. The highest BCUT2D eigenvalue weighted by Crippen LogP contribution is 2.38. The summed E-state index contributed by atoms with van der Waals surface area (Å²) in [6.07, 6.45) is 3.52. The van der Waals surface area contributed by atoms with Crippen LogP contribution in [0.1, 0.15) is 52.3 Å². The number of fused-ring (bicyclic) bond motifs is 2. The van der Waals surface area contributed by atoms with Gasteiger partial charge in [0.1, 0.15) is 5.69 Å². The fourth-order valence-corrected chi connectivity index (χ4v) is 5.62. The van der Waals surface area contributed by atoms with E-state index in [2.05, 4.69) is 66.0 Å². The number of rotatable bonds is 4. The van der Waals surface area contributed by atoms with Crippen molar-refractivity contribution in [2.24, 2.45) is 5.41 Å². The van der Waals surface area contributed by atoms with Crippen LogP contribution in [0.25, 0.3) is 22.3 Å². The van der Waals surface area contributed by atoms with Crippen molar-refractivity contribution in [3.63, 3.8) is 0 Å². The molecule has 3 heterocycles. The van der Waals surface area contributed by atoms with E-state index in [0.717, 1.165) is 53.9 Å². The first kappa shape index (κ1) is 23.1. The van der Waals surface area contributed by atoms with Crippen molar-refractivity contribution in [2.45, 2.75) is 72.1 Å². The quantitative estimate of drug-likeness (QED) is 0.596. The first-order valence-corrected chi connectivity index (χ1v) is 12.5. The van der Waals surface area contributed by atoms with Gasteiger partial charge in [0.05, 0.1) is 23.9 Å². The summed E-state index contributed by atoms with van der Waals surface area (Å²) in [6.45, 7) is 12.3. The Kier molecular flexibility index (Phi) is 5.81. The molecular formula is C27H37N5O2. The zero-order chi connectivity index (χ0) is 24.2. The summed E-state index contributed by atoms with van der Waals surface area (Å²) in [6, 6.07) is 8.14. The first-order valence-electron chi connectivity index (χ1n) is 12.5. The maximum absolute atomic E-state index is 13.3. The number of likely N-dealkylation sites (N-methyl/N-ethyl adjacent to an activating group) is 1. The van der Waals surface area contributed by atoms with Gasteiger partial charge in [0, 0.05) is 48.0 Å². The van der Waals surface area contributed by atoms with Crippen molar-refractivity contribution in [1.29, 1.82) is 0 Å². The van der Waals surface area contributed by atoms with Crippen LogP contribution in [0.5, 0.6) is 0 Å². The second-order valence-electron chi connectivity index (χ2n) is 11.1. The summed E-state index contributed by atoms with van der Waals surface area (Å²) in [4.78, 5) is 20.9. The lowest BCUT2D eigenvalue weighted by molar-refractivity contribution is -0.129. The lowest BCUT2D eigenvalue weighted by Gasteiger charge is -2.39. The summed E-state index contributed by atoms with van der Waals surface area (Å²) in [5.41, 5.74) is 6.87. The van der Waals surface area contributed by atoms with Crippen LogP contribution in [-0.2, 0) is 22.4 Å². The van der Waals surface area contributed by atoms with Crippen molar-refractivity contribution in [1.82, 2.24) is 20.1 Å². The Morgan fingerprint density at radius 1 is 1.24 bits per heavy atom. The number of morpholine rings is 1. The second-order valence-corrected chi connectivity index (χ2v) is 11.1. The molecule has 34 heavy (non-hydrogen) atoms. The number of carbonyl (C=O) groups is 1. The average Bonchev–Trinajstić information content (AvgIpc) is 3.38. The van der Waals surface area contributed by atoms with Crippen LogP contribution in [0.2, 0.25) is 0 Å². The van der Waals surface area contributed by atoms with Gasteiger partial charge >= 0.3 is 0 Å². The van der Waals surface area contributed by atoms with Gasteiger partial charge in [-0.2, -0.15) is 5.10 Å². The first-order chi connectivity index (χ1) is 16.1. The Morgan fingerprint density at radius 3 is 2.71 bits per heavy atom.